The van der Waals surface area contributed by atoms with Gasteiger partial charge in [-0.1, -0.05) is 22.0 Å². The molecule has 2 aliphatic rings. The molecular formula is C15H18BrNO4. The van der Waals surface area contributed by atoms with E-state index in [0.717, 1.165) is 31.2 Å². The Morgan fingerprint density at radius 3 is 2.90 bits per heavy atom. The van der Waals surface area contributed by atoms with Crippen LogP contribution in [0.3, 0.4) is 0 Å². The van der Waals surface area contributed by atoms with Crippen LogP contribution in [0.5, 0.6) is 5.75 Å². The van der Waals surface area contributed by atoms with Crippen LogP contribution >= 0.6 is 15.9 Å². The van der Waals surface area contributed by atoms with E-state index < -0.39 is 0 Å². The summed E-state index contributed by atoms with van der Waals surface area (Å²) in [6.45, 7) is 0.679. The number of ether oxygens (including phenoxy) is 2. The minimum Gasteiger partial charge on any atom is -0.483 e. The van der Waals surface area contributed by atoms with Crippen molar-refractivity contribution in [1.82, 2.24) is 0 Å². The lowest BCUT2D eigenvalue weighted by Crippen LogP contribution is -2.48. The van der Waals surface area contributed by atoms with Crippen molar-refractivity contribution >= 4 is 21.6 Å². The number of alkyl halides is 1. The Morgan fingerprint density at radius 1 is 1.48 bits per heavy atom. The first-order valence-corrected chi connectivity index (χ1v) is 8.38. The molecule has 0 N–H and O–H groups in total. The van der Waals surface area contributed by atoms with Crippen LogP contribution in [0.15, 0.2) is 18.2 Å². The van der Waals surface area contributed by atoms with Crippen LogP contribution in [0.25, 0.3) is 0 Å². The predicted molar refractivity (Wildman–Crippen MR) is 81.9 cm³/mol. The number of nitrogens with zero attached hydrogens (tertiary/aromatic N) is 1. The maximum Gasteiger partial charge on any atom is 0.311 e. The van der Waals surface area contributed by atoms with Gasteiger partial charge in [0, 0.05) is 24.2 Å². The fraction of sp³-hybridized carbons (Fsp3) is 0.600. The van der Waals surface area contributed by atoms with Gasteiger partial charge in [-0.05, 0) is 30.9 Å². The van der Waals surface area contributed by atoms with E-state index in [2.05, 4.69) is 15.9 Å². The van der Waals surface area contributed by atoms with Crippen LogP contribution in [0.2, 0.25) is 0 Å². The van der Waals surface area contributed by atoms with Crippen molar-refractivity contribution in [2.45, 2.75) is 49.1 Å². The van der Waals surface area contributed by atoms with Crippen molar-refractivity contribution < 1.29 is 14.4 Å². The first-order chi connectivity index (χ1) is 10.1. The summed E-state index contributed by atoms with van der Waals surface area (Å²) in [4.78, 5) is 10.8. The molecule has 114 valence electrons. The first-order valence-electron chi connectivity index (χ1n) is 7.26. The highest BCUT2D eigenvalue weighted by molar-refractivity contribution is 9.08. The Balaban J connectivity index is 1.76. The van der Waals surface area contributed by atoms with Gasteiger partial charge < -0.3 is 9.47 Å². The molecule has 1 aliphatic carbocycles. The summed E-state index contributed by atoms with van der Waals surface area (Å²) in [7, 11) is 0. The van der Waals surface area contributed by atoms with Crippen molar-refractivity contribution in [1.29, 1.82) is 0 Å². The van der Waals surface area contributed by atoms with E-state index in [0.29, 0.717) is 17.7 Å². The van der Waals surface area contributed by atoms with Gasteiger partial charge in [-0.2, -0.15) is 0 Å². The zero-order valence-corrected chi connectivity index (χ0v) is 13.3. The number of benzene rings is 1. The molecule has 21 heavy (non-hydrogen) atoms. The molecule has 1 spiro atoms. The van der Waals surface area contributed by atoms with E-state index in [1.807, 2.05) is 6.07 Å². The Kier molecular flexibility index (Phi) is 4.17. The number of rotatable bonds is 4. The molecule has 0 aromatic heterocycles. The zero-order valence-electron chi connectivity index (χ0n) is 11.7. The van der Waals surface area contributed by atoms with E-state index in [1.165, 1.54) is 6.42 Å². The van der Waals surface area contributed by atoms with Gasteiger partial charge in [0.1, 0.15) is 6.10 Å². The minimum absolute atomic E-state index is 0.00701. The fourth-order valence-electron chi connectivity index (χ4n) is 3.07. The van der Waals surface area contributed by atoms with Gasteiger partial charge >= 0.3 is 5.69 Å². The summed E-state index contributed by atoms with van der Waals surface area (Å²) in [5.41, 5.74) is 0.894. The van der Waals surface area contributed by atoms with E-state index in [-0.39, 0.29) is 22.3 Å². The monoisotopic (exact) mass is 355 g/mol. The molecule has 1 saturated heterocycles. The van der Waals surface area contributed by atoms with Crippen LogP contribution in [0.4, 0.5) is 5.69 Å². The Morgan fingerprint density at radius 2 is 2.29 bits per heavy atom. The average Bonchev–Trinajstić information content (AvgIpc) is 2.46. The molecule has 0 radical (unpaired) electrons. The average molecular weight is 356 g/mol. The zero-order chi connectivity index (χ0) is 14.9. The van der Waals surface area contributed by atoms with Crippen LogP contribution in [0.1, 0.15) is 37.7 Å². The largest absolute Gasteiger partial charge is 0.483 e. The fourth-order valence-corrected chi connectivity index (χ4v) is 3.42. The highest BCUT2D eigenvalue weighted by Crippen LogP contribution is 2.43. The van der Waals surface area contributed by atoms with Crippen molar-refractivity contribution in [2.24, 2.45) is 0 Å². The summed E-state index contributed by atoms with van der Waals surface area (Å²) in [5, 5.41) is 11.8. The second-order valence-corrected chi connectivity index (χ2v) is 6.37. The topological polar surface area (TPSA) is 61.6 Å². The van der Waals surface area contributed by atoms with Gasteiger partial charge in [0.05, 0.1) is 17.1 Å². The molecule has 0 bridgehead atoms. The summed E-state index contributed by atoms with van der Waals surface area (Å²) in [6, 6.07) is 5.13. The molecule has 3 rings (SSSR count). The van der Waals surface area contributed by atoms with Crippen LogP contribution in [0, 0.1) is 10.1 Å². The SMILES string of the molecule is O=[N+]([O-])c1cc(CBr)ccc1OC1CCOC2(CCC2)C1. The minimum atomic E-state index is -0.375. The number of hydrogen-bond donors (Lipinski definition) is 0. The third-order valence-electron chi connectivity index (χ3n) is 4.38. The molecule has 1 aliphatic heterocycles. The maximum absolute atomic E-state index is 11.2. The maximum atomic E-state index is 11.2. The number of hydrogen-bond acceptors (Lipinski definition) is 4. The highest BCUT2D eigenvalue weighted by atomic mass is 79.9. The molecule has 5 nitrogen and oxygen atoms in total. The summed E-state index contributed by atoms with van der Waals surface area (Å²) in [5.74, 6) is 0.367. The molecule has 1 saturated carbocycles. The number of halogens is 1. The van der Waals surface area contributed by atoms with Crippen molar-refractivity contribution in [2.75, 3.05) is 6.61 Å². The normalized spacial score (nSPS) is 23.6. The molecule has 1 aromatic carbocycles. The molecule has 6 heteroatoms. The summed E-state index contributed by atoms with van der Waals surface area (Å²) < 4.78 is 11.8. The molecular weight excluding hydrogens is 338 g/mol. The second kappa shape index (κ2) is 5.93. The standard InChI is InChI=1S/C15H18BrNO4/c16-10-11-2-3-14(13(8-11)17(18)19)21-12-4-7-20-15(9-12)5-1-6-15/h2-3,8,12H,1,4-7,9-10H2. The quantitative estimate of drug-likeness (QED) is 0.465. The molecule has 1 atom stereocenters. The lowest BCUT2D eigenvalue weighted by molar-refractivity contribution is -0.386. The van der Waals surface area contributed by atoms with Crippen LogP contribution in [-0.4, -0.2) is 23.2 Å². The number of nitro groups is 1. The Labute approximate surface area is 131 Å². The number of nitro benzene ring substituents is 1. The van der Waals surface area contributed by atoms with Crippen molar-refractivity contribution in [3.63, 3.8) is 0 Å². The van der Waals surface area contributed by atoms with Gasteiger partial charge in [0.15, 0.2) is 5.75 Å². The molecule has 1 unspecified atom stereocenters. The van der Waals surface area contributed by atoms with E-state index in [1.54, 1.807) is 12.1 Å². The van der Waals surface area contributed by atoms with Gasteiger partial charge in [0.25, 0.3) is 0 Å². The van der Waals surface area contributed by atoms with Gasteiger partial charge in [0.2, 0.25) is 0 Å². The summed E-state index contributed by atoms with van der Waals surface area (Å²) in [6.07, 6.45) is 5.00. The van der Waals surface area contributed by atoms with E-state index in [9.17, 15) is 10.1 Å². The van der Waals surface area contributed by atoms with Crippen molar-refractivity contribution in [3.8, 4) is 5.75 Å². The van der Waals surface area contributed by atoms with Crippen molar-refractivity contribution in [3.05, 3.63) is 33.9 Å². The van der Waals surface area contributed by atoms with E-state index >= 15 is 0 Å². The smallest absolute Gasteiger partial charge is 0.311 e. The molecule has 1 aromatic rings. The first kappa shape index (κ1) is 14.8. The van der Waals surface area contributed by atoms with Gasteiger partial charge in [-0.3, -0.25) is 10.1 Å². The van der Waals surface area contributed by atoms with E-state index in [4.69, 9.17) is 9.47 Å². The lowest BCUT2D eigenvalue weighted by Gasteiger charge is -2.46. The highest BCUT2D eigenvalue weighted by Gasteiger charge is 2.43. The molecule has 1 heterocycles. The second-order valence-electron chi connectivity index (χ2n) is 5.81. The molecule has 0 amide bonds. The van der Waals surface area contributed by atoms with Gasteiger partial charge in [-0.25, -0.2) is 0 Å². The summed E-state index contributed by atoms with van der Waals surface area (Å²) >= 11 is 3.32. The van der Waals surface area contributed by atoms with Gasteiger partial charge in [-0.15, -0.1) is 0 Å². The third-order valence-corrected chi connectivity index (χ3v) is 5.03. The molecule has 2 fully saturated rings. The Hall–Kier alpha value is -1.14. The third kappa shape index (κ3) is 3.06. The lowest BCUT2D eigenvalue weighted by atomic mass is 9.74. The Bertz CT molecular complexity index is 544. The van der Waals surface area contributed by atoms with Crippen LogP contribution < -0.4 is 4.74 Å². The van der Waals surface area contributed by atoms with Crippen LogP contribution in [-0.2, 0) is 10.1 Å². The predicted octanol–water partition coefficient (Wildman–Crippen LogP) is 3.97.